The van der Waals surface area contributed by atoms with E-state index in [1.807, 2.05) is 6.07 Å². The van der Waals surface area contributed by atoms with Crippen molar-refractivity contribution in [3.8, 4) is 11.5 Å². The third kappa shape index (κ3) is 4.78. The maximum absolute atomic E-state index is 11.2. The third-order valence-corrected chi connectivity index (χ3v) is 5.35. The Balaban J connectivity index is 2.10. The van der Waals surface area contributed by atoms with Crippen LogP contribution in [-0.2, 0) is 0 Å². The van der Waals surface area contributed by atoms with Gasteiger partial charge in [0, 0.05) is 42.1 Å². The van der Waals surface area contributed by atoms with Gasteiger partial charge in [-0.1, -0.05) is 13.8 Å². The number of likely N-dealkylation sites (N-methyl/N-ethyl adjacent to an activating group) is 1. The summed E-state index contributed by atoms with van der Waals surface area (Å²) in [4.78, 5) is 17.6. The van der Waals surface area contributed by atoms with Crippen LogP contribution in [0.5, 0.6) is 11.5 Å². The fraction of sp³-hybridized carbons (Fsp3) is 0.409. The molecule has 0 spiro atoms. The molecule has 2 aromatic carbocycles. The standard InChI is InChI=1S/C22H28N4O5/c1-5-25(6-2)13-15(27)12-23-22-16-8-7-14(26(28)29)9-18(16)24-19-11-21(31-4)20(30-3)10-17(19)22/h7-11,15,27H,5-6,12-13H2,1-4H3,(H,23,24). The van der Waals surface area contributed by atoms with E-state index < -0.39 is 11.0 Å². The molecule has 2 N–H and O–H groups in total. The second kappa shape index (κ2) is 9.76. The minimum absolute atomic E-state index is 0.0349. The number of aliphatic hydroxyl groups is 1. The Labute approximate surface area is 180 Å². The van der Waals surface area contributed by atoms with E-state index >= 15 is 0 Å². The molecule has 3 aromatic rings. The summed E-state index contributed by atoms with van der Waals surface area (Å²) in [6, 6.07) is 8.14. The number of fused-ring (bicyclic) bond motifs is 2. The minimum Gasteiger partial charge on any atom is -0.493 e. The fourth-order valence-electron chi connectivity index (χ4n) is 3.63. The molecule has 9 nitrogen and oxygen atoms in total. The van der Waals surface area contributed by atoms with Gasteiger partial charge < -0.3 is 24.8 Å². The lowest BCUT2D eigenvalue weighted by Gasteiger charge is -2.23. The monoisotopic (exact) mass is 428 g/mol. The number of nitro benzene ring substituents is 1. The minimum atomic E-state index is -0.587. The molecule has 0 fully saturated rings. The van der Waals surface area contributed by atoms with Crippen molar-refractivity contribution >= 4 is 33.2 Å². The van der Waals surface area contributed by atoms with Gasteiger partial charge in [0.05, 0.1) is 42.0 Å². The molecule has 166 valence electrons. The number of aromatic nitrogens is 1. The first-order valence-electron chi connectivity index (χ1n) is 10.2. The van der Waals surface area contributed by atoms with E-state index in [4.69, 9.17) is 9.47 Å². The van der Waals surface area contributed by atoms with Crippen molar-refractivity contribution in [1.29, 1.82) is 0 Å². The molecule has 9 heteroatoms. The highest BCUT2D eigenvalue weighted by atomic mass is 16.6. The van der Waals surface area contributed by atoms with Gasteiger partial charge in [0.1, 0.15) is 0 Å². The molecular weight excluding hydrogens is 400 g/mol. The number of benzene rings is 2. The Bertz CT molecular complexity index is 1080. The van der Waals surface area contributed by atoms with Gasteiger partial charge in [0.15, 0.2) is 11.5 Å². The number of nitrogens with zero attached hydrogens (tertiary/aromatic N) is 3. The highest BCUT2D eigenvalue weighted by Gasteiger charge is 2.17. The Hall–Kier alpha value is -3.17. The lowest BCUT2D eigenvalue weighted by atomic mass is 10.1. The number of anilines is 1. The number of hydrogen-bond donors (Lipinski definition) is 2. The Morgan fingerprint density at radius 1 is 1.10 bits per heavy atom. The van der Waals surface area contributed by atoms with Crippen LogP contribution in [0.25, 0.3) is 21.8 Å². The van der Waals surface area contributed by atoms with Gasteiger partial charge in [-0.3, -0.25) is 10.1 Å². The molecule has 0 saturated carbocycles. The van der Waals surface area contributed by atoms with E-state index in [0.717, 1.165) is 29.5 Å². The third-order valence-electron chi connectivity index (χ3n) is 5.35. The second-order valence-electron chi connectivity index (χ2n) is 7.19. The molecule has 0 aliphatic carbocycles. The lowest BCUT2D eigenvalue weighted by molar-refractivity contribution is -0.384. The van der Waals surface area contributed by atoms with E-state index in [0.29, 0.717) is 35.6 Å². The van der Waals surface area contributed by atoms with Crippen LogP contribution in [0.15, 0.2) is 30.3 Å². The summed E-state index contributed by atoms with van der Waals surface area (Å²) >= 11 is 0. The first kappa shape index (κ1) is 22.5. The number of nitro groups is 1. The van der Waals surface area contributed by atoms with Crippen LogP contribution >= 0.6 is 0 Å². The summed E-state index contributed by atoms with van der Waals surface area (Å²) in [6.07, 6.45) is -0.587. The quantitative estimate of drug-likeness (QED) is 0.287. The van der Waals surface area contributed by atoms with Crippen LogP contribution < -0.4 is 14.8 Å². The Kier molecular flexibility index (Phi) is 7.09. The summed E-state index contributed by atoms with van der Waals surface area (Å²) in [5.41, 5.74) is 1.78. The molecule has 1 unspecified atom stereocenters. The normalized spacial score (nSPS) is 12.3. The zero-order chi connectivity index (χ0) is 22.5. The van der Waals surface area contributed by atoms with Crippen LogP contribution in [-0.4, -0.2) is 66.4 Å². The van der Waals surface area contributed by atoms with Crippen LogP contribution in [0.2, 0.25) is 0 Å². The molecule has 0 saturated heterocycles. The van der Waals surface area contributed by atoms with E-state index in [-0.39, 0.29) is 5.69 Å². The molecule has 1 atom stereocenters. The largest absolute Gasteiger partial charge is 0.493 e. The van der Waals surface area contributed by atoms with Crippen molar-refractivity contribution < 1.29 is 19.5 Å². The van der Waals surface area contributed by atoms with E-state index in [1.54, 1.807) is 19.2 Å². The lowest BCUT2D eigenvalue weighted by Crippen LogP contribution is -2.36. The summed E-state index contributed by atoms with van der Waals surface area (Å²) in [6.45, 7) is 6.69. The average molecular weight is 428 g/mol. The number of aliphatic hydroxyl groups excluding tert-OH is 1. The Morgan fingerprint density at radius 3 is 2.35 bits per heavy atom. The highest BCUT2D eigenvalue weighted by Crippen LogP contribution is 2.38. The first-order valence-corrected chi connectivity index (χ1v) is 10.2. The van der Waals surface area contributed by atoms with Gasteiger partial charge in [0.2, 0.25) is 0 Å². The summed E-state index contributed by atoms with van der Waals surface area (Å²) < 4.78 is 10.8. The predicted octanol–water partition coefficient (Wildman–Crippen LogP) is 3.43. The molecule has 3 rings (SSSR count). The molecule has 0 aliphatic rings. The number of methoxy groups -OCH3 is 2. The molecule has 1 aromatic heterocycles. The number of nitrogens with one attached hydrogen (secondary N) is 1. The molecule has 0 amide bonds. The average Bonchev–Trinajstić information content (AvgIpc) is 2.78. The maximum Gasteiger partial charge on any atom is 0.271 e. The number of ether oxygens (including phenoxy) is 2. The molecule has 0 radical (unpaired) electrons. The zero-order valence-electron chi connectivity index (χ0n) is 18.2. The maximum atomic E-state index is 11.2. The number of rotatable bonds is 10. The van der Waals surface area contributed by atoms with Crippen molar-refractivity contribution in [1.82, 2.24) is 9.88 Å². The predicted molar refractivity (Wildman–Crippen MR) is 121 cm³/mol. The fourth-order valence-corrected chi connectivity index (χ4v) is 3.63. The second-order valence-corrected chi connectivity index (χ2v) is 7.19. The smallest absolute Gasteiger partial charge is 0.271 e. The number of pyridine rings is 1. The van der Waals surface area contributed by atoms with Gasteiger partial charge >= 0.3 is 0 Å². The molecule has 1 heterocycles. The van der Waals surface area contributed by atoms with Crippen molar-refractivity contribution in [2.75, 3.05) is 45.7 Å². The van der Waals surface area contributed by atoms with Crippen molar-refractivity contribution in [2.45, 2.75) is 20.0 Å². The van der Waals surface area contributed by atoms with Crippen molar-refractivity contribution in [3.05, 3.63) is 40.4 Å². The molecule has 0 aliphatic heterocycles. The topological polar surface area (TPSA) is 110 Å². The van der Waals surface area contributed by atoms with Crippen LogP contribution in [0.3, 0.4) is 0 Å². The van der Waals surface area contributed by atoms with Crippen LogP contribution in [0, 0.1) is 10.1 Å². The first-order chi connectivity index (χ1) is 14.9. The summed E-state index contributed by atoms with van der Waals surface area (Å²) in [7, 11) is 3.10. The van der Waals surface area contributed by atoms with Gasteiger partial charge in [-0.15, -0.1) is 0 Å². The molecule has 0 bridgehead atoms. The zero-order valence-corrected chi connectivity index (χ0v) is 18.2. The molecular formula is C22H28N4O5. The van der Waals surface area contributed by atoms with E-state index in [9.17, 15) is 15.2 Å². The number of non-ortho nitro benzene ring substituents is 1. The van der Waals surface area contributed by atoms with E-state index in [2.05, 4.69) is 29.0 Å². The Morgan fingerprint density at radius 2 is 1.74 bits per heavy atom. The van der Waals surface area contributed by atoms with Crippen LogP contribution in [0.1, 0.15) is 13.8 Å². The van der Waals surface area contributed by atoms with Crippen molar-refractivity contribution in [3.63, 3.8) is 0 Å². The van der Waals surface area contributed by atoms with Crippen molar-refractivity contribution in [2.24, 2.45) is 0 Å². The summed E-state index contributed by atoms with van der Waals surface area (Å²) in [5, 5.41) is 26.6. The summed E-state index contributed by atoms with van der Waals surface area (Å²) in [5.74, 6) is 1.06. The van der Waals surface area contributed by atoms with Gasteiger partial charge in [-0.25, -0.2) is 4.98 Å². The van der Waals surface area contributed by atoms with Gasteiger partial charge in [-0.2, -0.15) is 0 Å². The van der Waals surface area contributed by atoms with Gasteiger partial charge in [-0.05, 0) is 25.2 Å². The number of hydrogen-bond acceptors (Lipinski definition) is 8. The highest BCUT2D eigenvalue weighted by molar-refractivity contribution is 6.08. The van der Waals surface area contributed by atoms with Gasteiger partial charge in [0.25, 0.3) is 5.69 Å². The molecule has 31 heavy (non-hydrogen) atoms. The van der Waals surface area contributed by atoms with Crippen LogP contribution in [0.4, 0.5) is 11.4 Å². The van der Waals surface area contributed by atoms with E-state index in [1.165, 1.54) is 19.2 Å². The SMILES string of the molecule is CCN(CC)CC(O)CNc1c2ccc([N+](=O)[O-])cc2nc2cc(OC)c(OC)cc12.